The van der Waals surface area contributed by atoms with Crippen molar-refractivity contribution >= 4 is 40.1 Å². The van der Waals surface area contributed by atoms with Gasteiger partial charge in [0.15, 0.2) is 0 Å². The first kappa shape index (κ1) is 14.3. The number of aromatic nitrogens is 1. The van der Waals surface area contributed by atoms with Crippen molar-refractivity contribution in [3.63, 3.8) is 0 Å². The molecule has 0 saturated heterocycles. The number of fused-ring (bicyclic) bond motifs is 2. The average molecular weight is 317 g/mol. The molecule has 4 rings (SSSR count). The Kier molecular flexibility index (Phi) is 3.20. The summed E-state index contributed by atoms with van der Waals surface area (Å²) in [6.07, 6.45) is 3.54. The molecule has 0 unspecified atom stereocenters. The largest absolute Gasteiger partial charge is 0.548 e. The van der Waals surface area contributed by atoms with Crippen molar-refractivity contribution in [3.05, 3.63) is 65.9 Å². The summed E-state index contributed by atoms with van der Waals surface area (Å²) in [5, 5.41) is 14.7. The smallest absolute Gasteiger partial charge is 0.256 e. The van der Waals surface area contributed by atoms with Gasteiger partial charge in [-0.05, 0) is 18.2 Å². The Balaban J connectivity index is 1.89. The van der Waals surface area contributed by atoms with Crippen molar-refractivity contribution in [2.45, 2.75) is 6.54 Å². The highest BCUT2D eigenvalue weighted by Crippen LogP contribution is 2.34. The molecule has 1 aromatic heterocycles. The van der Waals surface area contributed by atoms with E-state index in [0.717, 1.165) is 27.7 Å². The van der Waals surface area contributed by atoms with E-state index < -0.39 is 5.97 Å². The molecule has 5 nitrogen and oxygen atoms in total. The molecule has 2 aromatic carbocycles. The molecule has 1 amide bonds. The zero-order chi connectivity index (χ0) is 16.7. The van der Waals surface area contributed by atoms with E-state index in [1.165, 1.54) is 0 Å². The quantitative estimate of drug-likeness (QED) is 0.750. The van der Waals surface area contributed by atoms with Gasteiger partial charge in [0.2, 0.25) is 0 Å². The van der Waals surface area contributed by atoms with Gasteiger partial charge in [0.25, 0.3) is 5.91 Å². The van der Waals surface area contributed by atoms with Gasteiger partial charge in [0, 0.05) is 39.5 Å². The van der Waals surface area contributed by atoms with Gasteiger partial charge in [0.05, 0.1) is 12.5 Å². The van der Waals surface area contributed by atoms with Crippen LogP contribution in [0.25, 0.3) is 22.6 Å². The van der Waals surface area contributed by atoms with Crippen molar-refractivity contribution in [2.24, 2.45) is 0 Å². The molecule has 0 spiro atoms. The predicted octanol–water partition coefficient (Wildman–Crippen LogP) is 1.88. The van der Waals surface area contributed by atoms with Gasteiger partial charge in [-0.25, -0.2) is 0 Å². The molecular formula is C19H13N2O3-. The molecule has 0 radical (unpaired) electrons. The summed E-state index contributed by atoms with van der Waals surface area (Å²) in [5.41, 5.74) is 3.79. The Bertz CT molecular complexity index is 1010. The second-order valence-corrected chi connectivity index (χ2v) is 5.66. The number of carbonyl (C=O) groups is 2. The third-order valence-electron chi connectivity index (χ3n) is 4.13. The maximum atomic E-state index is 12.3. The van der Waals surface area contributed by atoms with Crippen LogP contribution in [-0.4, -0.2) is 16.4 Å². The maximum Gasteiger partial charge on any atom is 0.256 e. The van der Waals surface area contributed by atoms with Crippen molar-refractivity contribution in [1.29, 1.82) is 0 Å². The second kappa shape index (κ2) is 5.38. The first-order valence-electron chi connectivity index (χ1n) is 7.53. The van der Waals surface area contributed by atoms with Crippen molar-refractivity contribution in [2.75, 3.05) is 5.32 Å². The van der Waals surface area contributed by atoms with Gasteiger partial charge in [-0.2, -0.15) is 0 Å². The fraction of sp³-hybridized carbons (Fsp3) is 0.0526. The van der Waals surface area contributed by atoms with Crippen LogP contribution in [-0.2, 0) is 16.1 Å². The standard InChI is InChI=1S/C19H14N2O3/c22-18(23)11-21-10-12(13-5-2-4-8-17(13)21)9-15-14-6-1-3-7-16(14)20-19(15)24/h1-10H,11H2,(H,20,24)(H,22,23)/p-1/b15-9+. The number of hydrogen-bond acceptors (Lipinski definition) is 3. The minimum Gasteiger partial charge on any atom is -0.548 e. The van der Waals surface area contributed by atoms with E-state index in [0.29, 0.717) is 5.57 Å². The maximum absolute atomic E-state index is 12.3. The van der Waals surface area contributed by atoms with E-state index in [9.17, 15) is 14.7 Å². The Morgan fingerprint density at radius 1 is 1.12 bits per heavy atom. The molecule has 5 heteroatoms. The SMILES string of the molecule is O=C([O-])Cn1cc(/C=C2/C(=O)Nc3ccccc32)c2ccccc21. The lowest BCUT2D eigenvalue weighted by atomic mass is 10.0. The second-order valence-electron chi connectivity index (χ2n) is 5.66. The van der Waals surface area contributed by atoms with Crippen LogP contribution in [0.4, 0.5) is 5.69 Å². The highest BCUT2D eigenvalue weighted by Gasteiger charge is 2.23. The number of benzene rings is 2. The minimum atomic E-state index is -1.15. The first-order chi connectivity index (χ1) is 11.6. The molecule has 0 fully saturated rings. The van der Waals surface area contributed by atoms with Crippen LogP contribution in [0.2, 0.25) is 0 Å². The van der Waals surface area contributed by atoms with Gasteiger partial charge in [-0.15, -0.1) is 0 Å². The van der Waals surface area contributed by atoms with Crippen LogP contribution in [0, 0.1) is 0 Å². The lowest BCUT2D eigenvalue weighted by Crippen LogP contribution is -2.27. The van der Waals surface area contributed by atoms with Crippen LogP contribution in [0.1, 0.15) is 11.1 Å². The van der Waals surface area contributed by atoms with Gasteiger partial charge in [0.1, 0.15) is 0 Å². The third kappa shape index (κ3) is 2.27. The van der Waals surface area contributed by atoms with E-state index in [-0.39, 0.29) is 12.5 Å². The molecule has 0 aliphatic carbocycles. The first-order valence-corrected chi connectivity index (χ1v) is 7.53. The van der Waals surface area contributed by atoms with E-state index in [1.807, 2.05) is 48.5 Å². The summed E-state index contributed by atoms with van der Waals surface area (Å²) in [6.45, 7) is -0.230. The van der Waals surface area contributed by atoms with E-state index in [4.69, 9.17) is 0 Å². The molecule has 0 bridgehead atoms. The van der Waals surface area contributed by atoms with Gasteiger partial charge >= 0.3 is 0 Å². The molecule has 118 valence electrons. The van der Waals surface area contributed by atoms with Crippen LogP contribution in [0.15, 0.2) is 54.7 Å². The lowest BCUT2D eigenvalue weighted by Gasteiger charge is -2.04. The van der Waals surface area contributed by atoms with Crippen LogP contribution < -0.4 is 10.4 Å². The molecule has 0 saturated carbocycles. The lowest BCUT2D eigenvalue weighted by molar-refractivity contribution is -0.306. The van der Waals surface area contributed by atoms with E-state index in [1.54, 1.807) is 16.8 Å². The fourth-order valence-electron chi connectivity index (χ4n) is 3.10. The number of hydrogen-bond donors (Lipinski definition) is 1. The molecular weight excluding hydrogens is 304 g/mol. The summed E-state index contributed by atoms with van der Waals surface area (Å²) in [5.74, 6) is -1.31. The van der Waals surface area contributed by atoms with Crippen LogP contribution in [0.5, 0.6) is 0 Å². The monoisotopic (exact) mass is 317 g/mol. The highest BCUT2D eigenvalue weighted by atomic mass is 16.4. The molecule has 0 atom stereocenters. The molecule has 1 N–H and O–H groups in total. The third-order valence-corrected chi connectivity index (χ3v) is 4.13. The normalized spacial score (nSPS) is 14.8. The Labute approximate surface area is 137 Å². The van der Waals surface area contributed by atoms with E-state index in [2.05, 4.69) is 5.32 Å². The molecule has 24 heavy (non-hydrogen) atoms. The number of carbonyl (C=O) groups excluding carboxylic acids is 2. The zero-order valence-corrected chi connectivity index (χ0v) is 12.7. The topological polar surface area (TPSA) is 74.2 Å². The summed E-state index contributed by atoms with van der Waals surface area (Å²) >= 11 is 0. The zero-order valence-electron chi connectivity index (χ0n) is 12.7. The fourth-order valence-corrected chi connectivity index (χ4v) is 3.10. The van der Waals surface area contributed by atoms with Crippen LogP contribution in [0.3, 0.4) is 0 Å². The van der Waals surface area contributed by atoms with Gasteiger partial charge in [-0.3, -0.25) is 4.79 Å². The molecule has 1 aliphatic heterocycles. The van der Waals surface area contributed by atoms with Crippen molar-refractivity contribution < 1.29 is 14.7 Å². The number of anilines is 1. The Morgan fingerprint density at radius 2 is 1.88 bits per heavy atom. The number of nitrogens with zero attached hydrogens (tertiary/aromatic N) is 1. The highest BCUT2D eigenvalue weighted by molar-refractivity contribution is 6.35. The number of carboxylic acid groups (broad SMARTS) is 1. The summed E-state index contributed by atoms with van der Waals surface area (Å²) in [7, 11) is 0. The summed E-state index contributed by atoms with van der Waals surface area (Å²) < 4.78 is 1.62. The van der Waals surface area contributed by atoms with E-state index >= 15 is 0 Å². The Hall–Kier alpha value is -3.34. The summed E-state index contributed by atoms with van der Waals surface area (Å²) in [6, 6.07) is 15.0. The van der Waals surface area contributed by atoms with Crippen LogP contribution >= 0.6 is 0 Å². The van der Waals surface area contributed by atoms with Crippen molar-refractivity contribution in [3.8, 4) is 0 Å². The molecule has 3 aromatic rings. The number of carboxylic acids is 1. The number of amides is 1. The number of rotatable bonds is 3. The molecule has 1 aliphatic rings. The van der Waals surface area contributed by atoms with Crippen molar-refractivity contribution in [1.82, 2.24) is 4.57 Å². The number of nitrogens with one attached hydrogen (secondary N) is 1. The minimum absolute atomic E-state index is 0.159. The average Bonchev–Trinajstić information content (AvgIpc) is 3.06. The van der Waals surface area contributed by atoms with Gasteiger partial charge in [-0.1, -0.05) is 36.4 Å². The molecule has 2 heterocycles. The number of para-hydroxylation sites is 2. The summed E-state index contributed by atoms with van der Waals surface area (Å²) in [4.78, 5) is 23.2. The Morgan fingerprint density at radius 3 is 2.71 bits per heavy atom. The predicted molar refractivity (Wildman–Crippen MR) is 89.9 cm³/mol. The number of aliphatic carboxylic acids is 1. The van der Waals surface area contributed by atoms with Gasteiger partial charge < -0.3 is 19.8 Å².